The first-order valence-electron chi connectivity index (χ1n) is 5.61. The van der Waals surface area contributed by atoms with Crippen molar-refractivity contribution >= 4 is 22.8 Å². The molecular weight excluding hydrogens is 266 g/mol. The van der Waals surface area contributed by atoms with Gasteiger partial charge in [0.05, 0.1) is 6.10 Å². The molecule has 0 amide bonds. The quantitative estimate of drug-likeness (QED) is 0.650. The maximum atomic E-state index is 11.3. The maximum Gasteiger partial charge on any atom is 0.348 e. The van der Waals surface area contributed by atoms with E-state index in [4.69, 9.17) is 0 Å². The minimum absolute atomic E-state index is 0.327. The molecule has 0 saturated carbocycles. The van der Waals surface area contributed by atoms with Gasteiger partial charge in [0.15, 0.2) is 5.65 Å². The molecule has 0 radical (unpaired) electrons. The summed E-state index contributed by atoms with van der Waals surface area (Å²) in [5, 5.41) is 22.9. The van der Waals surface area contributed by atoms with Crippen molar-refractivity contribution in [3.8, 4) is 0 Å². The van der Waals surface area contributed by atoms with Gasteiger partial charge < -0.3 is 10.4 Å². The van der Waals surface area contributed by atoms with Gasteiger partial charge in [0.1, 0.15) is 12.1 Å². The second kappa shape index (κ2) is 4.82. The predicted molar refractivity (Wildman–Crippen MR) is 71.4 cm³/mol. The van der Waals surface area contributed by atoms with Crippen molar-refractivity contribution in [1.82, 2.24) is 19.6 Å². The van der Waals surface area contributed by atoms with Gasteiger partial charge in [0.25, 0.3) is 0 Å². The third-order valence-corrected chi connectivity index (χ3v) is 3.42. The van der Waals surface area contributed by atoms with E-state index in [9.17, 15) is 9.90 Å². The molecule has 0 spiro atoms. The van der Waals surface area contributed by atoms with Gasteiger partial charge in [-0.3, -0.25) is 0 Å². The molecule has 7 nitrogen and oxygen atoms in total. The summed E-state index contributed by atoms with van der Waals surface area (Å²) in [5.74, 6) is 0.556. The van der Waals surface area contributed by atoms with Crippen LogP contribution in [-0.2, 0) is 0 Å². The summed E-state index contributed by atoms with van der Waals surface area (Å²) >= 11 is 1.54. The number of aromatic nitrogens is 4. The number of hydrogen-bond acceptors (Lipinski definition) is 6. The summed E-state index contributed by atoms with van der Waals surface area (Å²) in [6.45, 7) is 0.342. The standard InChI is InChI=1S/C11H11N5O2S/c17-8(7-1-2-19-5-7)4-12-9-3-10-14-15-11(18)16(10)6-13-9/h1-3,5-6,8,12,17H,4H2,(H,15,18). The van der Waals surface area contributed by atoms with Gasteiger partial charge in [0.2, 0.25) is 0 Å². The predicted octanol–water partition coefficient (Wildman–Crippen LogP) is 0.625. The zero-order valence-electron chi connectivity index (χ0n) is 9.78. The molecule has 3 rings (SSSR count). The van der Waals surface area contributed by atoms with Crippen molar-refractivity contribution in [2.75, 3.05) is 11.9 Å². The van der Waals surface area contributed by atoms with E-state index in [1.165, 1.54) is 22.1 Å². The summed E-state index contributed by atoms with van der Waals surface area (Å²) in [4.78, 5) is 15.3. The Kier molecular flexibility index (Phi) is 3.02. The van der Waals surface area contributed by atoms with Gasteiger partial charge in [-0.25, -0.2) is 19.3 Å². The van der Waals surface area contributed by atoms with Crippen LogP contribution in [0.2, 0.25) is 0 Å². The molecule has 3 heterocycles. The van der Waals surface area contributed by atoms with E-state index in [0.29, 0.717) is 18.0 Å². The molecule has 3 aromatic rings. The number of aliphatic hydroxyl groups excluding tert-OH is 1. The van der Waals surface area contributed by atoms with Crippen LogP contribution in [0, 0.1) is 0 Å². The largest absolute Gasteiger partial charge is 0.387 e. The lowest BCUT2D eigenvalue weighted by Crippen LogP contribution is -2.14. The van der Waals surface area contributed by atoms with Crippen molar-refractivity contribution < 1.29 is 5.11 Å². The normalized spacial score (nSPS) is 12.7. The minimum Gasteiger partial charge on any atom is -0.387 e. The average Bonchev–Trinajstić information content (AvgIpc) is 3.06. The Labute approximate surface area is 111 Å². The van der Waals surface area contributed by atoms with E-state index >= 15 is 0 Å². The number of fused-ring (bicyclic) bond motifs is 1. The zero-order chi connectivity index (χ0) is 13.2. The minimum atomic E-state index is -0.592. The number of nitrogens with zero attached hydrogens (tertiary/aromatic N) is 3. The maximum absolute atomic E-state index is 11.3. The van der Waals surface area contributed by atoms with E-state index in [-0.39, 0.29) is 5.69 Å². The fraction of sp³-hybridized carbons (Fsp3) is 0.182. The average molecular weight is 277 g/mol. The summed E-state index contributed by atoms with van der Waals surface area (Å²) in [6.07, 6.45) is 0.797. The summed E-state index contributed by atoms with van der Waals surface area (Å²) in [5.41, 5.74) is 1.02. The summed E-state index contributed by atoms with van der Waals surface area (Å²) in [7, 11) is 0. The second-order valence-corrected chi connectivity index (χ2v) is 4.76. The molecule has 8 heteroatoms. The molecule has 3 aromatic heterocycles. The first kappa shape index (κ1) is 11.9. The van der Waals surface area contributed by atoms with Crippen LogP contribution in [0.5, 0.6) is 0 Å². The Balaban J connectivity index is 1.73. The molecule has 0 aliphatic rings. The monoisotopic (exact) mass is 277 g/mol. The van der Waals surface area contributed by atoms with Gasteiger partial charge in [-0.05, 0) is 22.4 Å². The highest BCUT2D eigenvalue weighted by Crippen LogP contribution is 2.16. The molecule has 98 valence electrons. The van der Waals surface area contributed by atoms with Crippen molar-refractivity contribution in [2.45, 2.75) is 6.10 Å². The number of aliphatic hydroxyl groups is 1. The second-order valence-electron chi connectivity index (χ2n) is 3.98. The number of nitrogens with one attached hydrogen (secondary N) is 2. The van der Waals surface area contributed by atoms with E-state index < -0.39 is 6.10 Å². The highest BCUT2D eigenvalue weighted by molar-refractivity contribution is 7.07. The van der Waals surface area contributed by atoms with Crippen LogP contribution < -0.4 is 11.0 Å². The number of aromatic amines is 1. The van der Waals surface area contributed by atoms with Crippen LogP contribution in [0.25, 0.3) is 5.65 Å². The molecule has 0 fully saturated rings. The van der Waals surface area contributed by atoms with Crippen molar-refractivity contribution in [2.24, 2.45) is 0 Å². The van der Waals surface area contributed by atoms with E-state index in [1.807, 2.05) is 16.8 Å². The molecule has 0 aliphatic carbocycles. The molecule has 3 N–H and O–H groups in total. The first-order chi connectivity index (χ1) is 9.24. The zero-order valence-corrected chi connectivity index (χ0v) is 10.6. The topological polar surface area (TPSA) is 95.3 Å². The fourth-order valence-corrected chi connectivity index (χ4v) is 2.40. The van der Waals surface area contributed by atoms with E-state index in [1.54, 1.807) is 6.07 Å². The lowest BCUT2D eigenvalue weighted by atomic mass is 10.2. The van der Waals surface area contributed by atoms with Gasteiger partial charge >= 0.3 is 5.69 Å². The number of anilines is 1. The van der Waals surface area contributed by atoms with Crippen LogP contribution in [-0.4, -0.2) is 31.2 Å². The van der Waals surface area contributed by atoms with Gasteiger partial charge in [0, 0.05) is 12.6 Å². The summed E-state index contributed by atoms with van der Waals surface area (Å²) in [6, 6.07) is 3.51. The van der Waals surface area contributed by atoms with E-state index in [2.05, 4.69) is 20.5 Å². The lowest BCUT2D eigenvalue weighted by molar-refractivity contribution is 0.192. The molecule has 1 unspecified atom stereocenters. The van der Waals surface area contributed by atoms with Crippen LogP contribution in [0.1, 0.15) is 11.7 Å². The van der Waals surface area contributed by atoms with Crippen LogP contribution >= 0.6 is 11.3 Å². The summed E-state index contributed by atoms with van der Waals surface area (Å²) < 4.78 is 1.31. The Bertz CT molecular complexity index is 733. The molecule has 1 atom stereocenters. The number of hydrogen-bond donors (Lipinski definition) is 3. The van der Waals surface area contributed by atoms with Crippen molar-refractivity contribution in [1.29, 1.82) is 0 Å². The molecule has 19 heavy (non-hydrogen) atoms. The van der Waals surface area contributed by atoms with Crippen LogP contribution in [0.3, 0.4) is 0 Å². The lowest BCUT2D eigenvalue weighted by Gasteiger charge is -2.10. The SMILES string of the molecule is O=c1[nH]nc2cc(NCC(O)c3ccsc3)ncn12. The third kappa shape index (κ3) is 2.35. The van der Waals surface area contributed by atoms with E-state index in [0.717, 1.165) is 5.56 Å². The van der Waals surface area contributed by atoms with Gasteiger partial charge in [-0.1, -0.05) is 0 Å². The van der Waals surface area contributed by atoms with Gasteiger partial charge in [-0.2, -0.15) is 16.4 Å². The number of rotatable bonds is 4. The molecule has 0 aliphatic heterocycles. The van der Waals surface area contributed by atoms with Crippen LogP contribution in [0.4, 0.5) is 5.82 Å². The smallest absolute Gasteiger partial charge is 0.348 e. The number of H-pyrrole nitrogens is 1. The molecule has 0 saturated heterocycles. The highest BCUT2D eigenvalue weighted by atomic mass is 32.1. The third-order valence-electron chi connectivity index (χ3n) is 2.71. The number of thiophene rings is 1. The van der Waals surface area contributed by atoms with Crippen molar-refractivity contribution in [3.63, 3.8) is 0 Å². The Morgan fingerprint density at radius 1 is 1.58 bits per heavy atom. The fourth-order valence-electron chi connectivity index (χ4n) is 1.69. The Hall–Kier alpha value is -2.19. The van der Waals surface area contributed by atoms with Crippen molar-refractivity contribution in [3.05, 3.63) is 45.3 Å². The Morgan fingerprint density at radius 3 is 3.26 bits per heavy atom. The van der Waals surface area contributed by atoms with Crippen LogP contribution in [0.15, 0.2) is 34.0 Å². The molecular formula is C11H11N5O2S. The first-order valence-corrected chi connectivity index (χ1v) is 6.55. The highest BCUT2D eigenvalue weighted by Gasteiger charge is 2.08. The molecule has 0 aromatic carbocycles. The molecule has 0 bridgehead atoms. The van der Waals surface area contributed by atoms with Gasteiger partial charge in [-0.15, -0.1) is 0 Å². The Morgan fingerprint density at radius 2 is 2.47 bits per heavy atom.